The number of phenolic OH excluding ortho intramolecular Hbond substituents is 1. The van der Waals surface area contributed by atoms with Crippen LogP contribution in [-0.2, 0) is 0 Å². The number of carbonyl (C=O) groups is 1. The lowest BCUT2D eigenvalue weighted by molar-refractivity contribution is 0.0968. The molecule has 2 saturated carbocycles. The fourth-order valence-corrected chi connectivity index (χ4v) is 4.95. The molecule has 0 atom stereocenters. The number of anilines is 1. The third-order valence-corrected chi connectivity index (χ3v) is 7.21. The number of fused-ring (bicyclic) bond motifs is 1. The summed E-state index contributed by atoms with van der Waals surface area (Å²) in [6.07, 6.45) is 7.62. The first-order valence-electron chi connectivity index (χ1n) is 11.9. The molecule has 5 nitrogen and oxygen atoms in total. The Morgan fingerprint density at radius 3 is 2.29 bits per heavy atom. The van der Waals surface area contributed by atoms with Gasteiger partial charge in [0.05, 0.1) is 16.8 Å². The Kier molecular flexibility index (Phi) is 5.98. The molecular formula is C27H29F2N3O2. The standard InChI is InChI=1S/C27H29F2N3O2/c1-32(2)19-8-6-18(7-9-19)31-25-20-11-16(17-12-22(28)27(34)23(29)13-17)5-10-24(20)30-14-21(25)26(33)15-3-4-15/h5,10-15,18-19,34H,3-4,6-9H2,1-2H3,(H,30,31)/t18-,19-. The summed E-state index contributed by atoms with van der Waals surface area (Å²) in [4.78, 5) is 19.9. The van der Waals surface area contributed by atoms with Gasteiger partial charge in [0.1, 0.15) is 0 Å². The number of Topliss-reactive ketones (excluding diaryl/α,β-unsaturated/α-hetero) is 1. The monoisotopic (exact) mass is 465 g/mol. The zero-order valence-electron chi connectivity index (χ0n) is 19.4. The summed E-state index contributed by atoms with van der Waals surface area (Å²) in [7, 11) is 4.22. The maximum atomic E-state index is 14.0. The third-order valence-electron chi connectivity index (χ3n) is 7.21. The van der Waals surface area contributed by atoms with Crippen LogP contribution in [-0.4, -0.2) is 47.0 Å². The second-order valence-corrected chi connectivity index (χ2v) is 9.82. The SMILES string of the molecule is CN(C)[C@H]1CC[C@H](Nc2c(C(=O)C3CC3)cnc3ccc(-c4cc(F)c(O)c(F)c4)cc23)CC1. The number of aromatic hydroxyl groups is 1. The lowest BCUT2D eigenvalue weighted by Gasteiger charge is -2.34. The number of phenols is 1. The van der Waals surface area contributed by atoms with Crippen molar-refractivity contribution in [1.82, 2.24) is 9.88 Å². The predicted molar refractivity (Wildman–Crippen MR) is 129 cm³/mol. The molecule has 0 bridgehead atoms. The van der Waals surface area contributed by atoms with E-state index in [9.17, 15) is 18.7 Å². The minimum absolute atomic E-state index is 0.0488. The van der Waals surface area contributed by atoms with Gasteiger partial charge in [0.25, 0.3) is 0 Å². The van der Waals surface area contributed by atoms with E-state index < -0.39 is 17.4 Å². The molecule has 0 spiro atoms. The smallest absolute Gasteiger partial charge is 0.187 e. The average molecular weight is 466 g/mol. The Labute approximate surface area is 197 Å². The van der Waals surface area contributed by atoms with Crippen molar-refractivity contribution in [2.75, 3.05) is 19.4 Å². The molecule has 5 rings (SSSR count). The van der Waals surface area contributed by atoms with Crippen molar-refractivity contribution in [2.24, 2.45) is 5.92 Å². The topological polar surface area (TPSA) is 65.5 Å². The van der Waals surface area contributed by atoms with Gasteiger partial charge in [0, 0.05) is 29.6 Å². The number of ketones is 1. The number of pyridine rings is 1. The van der Waals surface area contributed by atoms with Gasteiger partial charge >= 0.3 is 0 Å². The number of carbonyl (C=O) groups excluding carboxylic acids is 1. The largest absolute Gasteiger partial charge is 0.503 e. The molecule has 2 fully saturated rings. The summed E-state index contributed by atoms with van der Waals surface area (Å²) in [5.41, 5.74) is 2.95. The van der Waals surface area contributed by atoms with E-state index in [2.05, 4.69) is 29.3 Å². The molecular weight excluding hydrogens is 436 g/mol. The first-order chi connectivity index (χ1) is 16.3. The van der Waals surface area contributed by atoms with E-state index >= 15 is 0 Å². The van der Waals surface area contributed by atoms with Gasteiger partial charge in [-0.05, 0) is 88.0 Å². The van der Waals surface area contributed by atoms with Crippen LogP contribution in [0.4, 0.5) is 14.5 Å². The summed E-state index contributed by atoms with van der Waals surface area (Å²) in [5.74, 6) is -2.86. The maximum Gasteiger partial charge on any atom is 0.187 e. The van der Waals surface area contributed by atoms with Crippen LogP contribution < -0.4 is 5.32 Å². The van der Waals surface area contributed by atoms with Crippen molar-refractivity contribution in [2.45, 2.75) is 50.6 Å². The molecule has 2 N–H and O–H groups in total. The third kappa shape index (κ3) is 4.37. The first kappa shape index (κ1) is 22.7. The number of rotatable bonds is 6. The Bertz CT molecular complexity index is 1230. The zero-order chi connectivity index (χ0) is 24.0. The van der Waals surface area contributed by atoms with E-state index in [0.29, 0.717) is 28.2 Å². The highest BCUT2D eigenvalue weighted by Gasteiger charge is 2.33. The first-order valence-corrected chi connectivity index (χ1v) is 11.9. The number of aromatic nitrogens is 1. The lowest BCUT2D eigenvalue weighted by Crippen LogP contribution is -2.36. The van der Waals surface area contributed by atoms with Crippen LogP contribution in [0.1, 0.15) is 48.9 Å². The molecule has 3 aromatic rings. The van der Waals surface area contributed by atoms with Crippen molar-refractivity contribution in [1.29, 1.82) is 0 Å². The van der Waals surface area contributed by atoms with Crippen LogP contribution in [0.2, 0.25) is 0 Å². The van der Waals surface area contributed by atoms with Crippen molar-refractivity contribution in [3.63, 3.8) is 0 Å². The van der Waals surface area contributed by atoms with E-state index in [1.54, 1.807) is 18.3 Å². The van der Waals surface area contributed by atoms with Gasteiger partial charge in [0.2, 0.25) is 0 Å². The van der Waals surface area contributed by atoms with Gasteiger partial charge in [-0.2, -0.15) is 0 Å². The highest BCUT2D eigenvalue weighted by Crippen LogP contribution is 2.39. The van der Waals surface area contributed by atoms with Crippen LogP contribution in [0.15, 0.2) is 36.5 Å². The number of nitrogens with zero attached hydrogens (tertiary/aromatic N) is 2. The molecule has 0 unspecified atom stereocenters. The molecule has 2 aliphatic carbocycles. The highest BCUT2D eigenvalue weighted by molar-refractivity contribution is 6.10. The molecule has 1 heterocycles. The Morgan fingerprint density at radius 2 is 1.68 bits per heavy atom. The highest BCUT2D eigenvalue weighted by atomic mass is 19.1. The molecule has 7 heteroatoms. The zero-order valence-corrected chi connectivity index (χ0v) is 19.4. The minimum Gasteiger partial charge on any atom is -0.503 e. The minimum atomic E-state index is -1.01. The molecule has 2 aliphatic rings. The molecule has 34 heavy (non-hydrogen) atoms. The van der Waals surface area contributed by atoms with Crippen LogP contribution >= 0.6 is 0 Å². The van der Waals surface area contributed by atoms with E-state index in [1.807, 2.05) is 6.07 Å². The quantitative estimate of drug-likeness (QED) is 0.453. The predicted octanol–water partition coefficient (Wildman–Crippen LogP) is 5.76. The lowest BCUT2D eigenvalue weighted by atomic mass is 9.89. The molecule has 0 aliphatic heterocycles. The van der Waals surface area contributed by atoms with Crippen molar-refractivity contribution in [3.05, 3.63) is 53.7 Å². The summed E-state index contributed by atoms with van der Waals surface area (Å²) >= 11 is 0. The molecule has 0 radical (unpaired) electrons. The summed E-state index contributed by atoms with van der Waals surface area (Å²) in [5, 5.41) is 13.9. The summed E-state index contributed by atoms with van der Waals surface area (Å²) in [6, 6.07) is 8.39. The van der Waals surface area contributed by atoms with Crippen molar-refractivity contribution in [3.8, 4) is 16.9 Å². The maximum absolute atomic E-state index is 14.0. The normalized spacial score (nSPS) is 20.6. The number of hydrogen-bond donors (Lipinski definition) is 2. The Morgan fingerprint density at radius 1 is 1.00 bits per heavy atom. The van der Waals surface area contributed by atoms with E-state index in [1.165, 1.54) is 0 Å². The van der Waals surface area contributed by atoms with Crippen molar-refractivity contribution < 1.29 is 18.7 Å². The second-order valence-electron chi connectivity index (χ2n) is 9.82. The van der Waals surface area contributed by atoms with Gasteiger partial charge in [-0.15, -0.1) is 0 Å². The fourth-order valence-electron chi connectivity index (χ4n) is 4.95. The van der Waals surface area contributed by atoms with Crippen LogP contribution in [0.5, 0.6) is 5.75 Å². The number of benzene rings is 2. The average Bonchev–Trinajstić information content (AvgIpc) is 3.67. The molecule has 0 amide bonds. The second kappa shape index (κ2) is 8.95. The van der Waals surface area contributed by atoms with Crippen LogP contribution in [0.25, 0.3) is 22.0 Å². The van der Waals surface area contributed by atoms with Gasteiger partial charge in [0.15, 0.2) is 23.2 Å². The van der Waals surface area contributed by atoms with Gasteiger partial charge < -0.3 is 15.3 Å². The van der Waals surface area contributed by atoms with E-state index in [0.717, 1.165) is 61.7 Å². The summed E-state index contributed by atoms with van der Waals surface area (Å²) in [6.45, 7) is 0. The molecule has 178 valence electrons. The molecule has 1 aromatic heterocycles. The molecule has 0 saturated heterocycles. The molecule has 2 aromatic carbocycles. The Hall–Kier alpha value is -3.06. The number of halogens is 2. The van der Waals surface area contributed by atoms with Crippen LogP contribution in [0, 0.1) is 17.6 Å². The summed E-state index contributed by atoms with van der Waals surface area (Å²) < 4.78 is 28.0. The van der Waals surface area contributed by atoms with E-state index in [-0.39, 0.29) is 17.7 Å². The van der Waals surface area contributed by atoms with Crippen molar-refractivity contribution >= 4 is 22.4 Å². The Balaban J connectivity index is 1.56. The number of hydrogen-bond acceptors (Lipinski definition) is 5. The van der Waals surface area contributed by atoms with Crippen LogP contribution in [0.3, 0.4) is 0 Å². The van der Waals surface area contributed by atoms with Gasteiger partial charge in [-0.3, -0.25) is 9.78 Å². The van der Waals surface area contributed by atoms with Gasteiger partial charge in [-0.1, -0.05) is 6.07 Å². The fraction of sp³-hybridized carbons (Fsp3) is 0.407. The number of nitrogens with one attached hydrogen (secondary N) is 1. The van der Waals surface area contributed by atoms with Gasteiger partial charge in [-0.25, -0.2) is 8.78 Å². The van der Waals surface area contributed by atoms with E-state index in [4.69, 9.17) is 0 Å².